The first kappa shape index (κ1) is 21.3. The van der Waals surface area contributed by atoms with E-state index in [1.54, 1.807) is 0 Å². The number of hydrogen-bond acceptors (Lipinski definition) is 7. The summed E-state index contributed by atoms with van der Waals surface area (Å²) in [6, 6.07) is 2.03. The van der Waals surface area contributed by atoms with Crippen LogP contribution in [-0.2, 0) is 14.8 Å². The fraction of sp³-hybridized carbons (Fsp3) is 0.750. The molecule has 3 aliphatic rings. The Balaban J connectivity index is 1.33. The van der Waals surface area contributed by atoms with Gasteiger partial charge in [0.05, 0.1) is 6.26 Å². The van der Waals surface area contributed by atoms with Gasteiger partial charge in [-0.25, -0.2) is 17.7 Å². The fourth-order valence-electron chi connectivity index (χ4n) is 4.61. The number of carbonyl (C=O) groups is 1. The van der Waals surface area contributed by atoms with E-state index in [0.29, 0.717) is 39.0 Å². The molecule has 1 aromatic rings. The zero-order chi connectivity index (χ0) is 21.3. The number of hydrogen-bond donors (Lipinski definition) is 0. The van der Waals surface area contributed by atoms with Gasteiger partial charge >= 0.3 is 0 Å². The number of rotatable bonds is 4. The Kier molecular flexibility index (Phi) is 6.15. The quantitative estimate of drug-likeness (QED) is 0.686. The Hall–Kier alpha value is -1.94. The summed E-state index contributed by atoms with van der Waals surface area (Å²) in [5.41, 5.74) is 0.970. The van der Waals surface area contributed by atoms with Crippen LogP contribution in [0.4, 0.5) is 11.8 Å². The highest BCUT2D eigenvalue weighted by Gasteiger charge is 2.33. The van der Waals surface area contributed by atoms with Crippen molar-refractivity contribution in [3.63, 3.8) is 0 Å². The van der Waals surface area contributed by atoms with Crippen LogP contribution < -0.4 is 9.80 Å². The molecule has 1 aromatic heterocycles. The van der Waals surface area contributed by atoms with Gasteiger partial charge in [0.2, 0.25) is 21.9 Å². The van der Waals surface area contributed by atoms with Crippen molar-refractivity contribution < 1.29 is 13.2 Å². The first-order valence-corrected chi connectivity index (χ1v) is 12.8. The maximum absolute atomic E-state index is 12.9. The van der Waals surface area contributed by atoms with Gasteiger partial charge in [0.1, 0.15) is 5.82 Å². The molecule has 0 spiro atoms. The first-order valence-electron chi connectivity index (χ1n) is 10.9. The van der Waals surface area contributed by atoms with Gasteiger partial charge in [-0.3, -0.25) is 4.79 Å². The van der Waals surface area contributed by atoms with E-state index in [-0.39, 0.29) is 11.8 Å². The van der Waals surface area contributed by atoms with Crippen molar-refractivity contribution >= 4 is 27.7 Å². The summed E-state index contributed by atoms with van der Waals surface area (Å²) in [6.45, 7) is 7.78. The molecule has 30 heavy (non-hydrogen) atoms. The maximum atomic E-state index is 12.9. The number of aryl methyl sites for hydroxylation is 1. The Morgan fingerprint density at radius 3 is 2.17 bits per heavy atom. The molecule has 0 unspecified atom stereocenters. The smallest absolute Gasteiger partial charge is 0.227 e. The van der Waals surface area contributed by atoms with E-state index in [2.05, 4.69) is 14.8 Å². The lowest BCUT2D eigenvalue weighted by Crippen LogP contribution is -2.52. The third-order valence-electron chi connectivity index (χ3n) is 6.41. The molecule has 1 amide bonds. The van der Waals surface area contributed by atoms with Crippen LogP contribution in [0.15, 0.2) is 6.07 Å². The van der Waals surface area contributed by atoms with Gasteiger partial charge in [-0.15, -0.1) is 0 Å². The Morgan fingerprint density at radius 2 is 1.57 bits per heavy atom. The van der Waals surface area contributed by atoms with Crippen LogP contribution in [0.1, 0.15) is 31.4 Å². The van der Waals surface area contributed by atoms with E-state index in [1.165, 1.54) is 23.4 Å². The fourth-order valence-corrected chi connectivity index (χ4v) is 5.48. The molecular formula is C20H32N6O3S. The van der Waals surface area contributed by atoms with Crippen LogP contribution in [0.25, 0.3) is 0 Å². The van der Waals surface area contributed by atoms with Gasteiger partial charge in [-0.2, -0.15) is 4.98 Å². The lowest BCUT2D eigenvalue weighted by atomic mass is 9.96. The molecule has 4 heterocycles. The molecule has 4 rings (SSSR count). The Labute approximate surface area is 179 Å². The number of nitrogens with zero attached hydrogens (tertiary/aromatic N) is 6. The van der Waals surface area contributed by atoms with Crippen LogP contribution in [0.2, 0.25) is 0 Å². The van der Waals surface area contributed by atoms with Crippen LogP contribution in [0.3, 0.4) is 0 Å². The minimum Gasteiger partial charge on any atom is -0.353 e. The Bertz CT molecular complexity index is 871. The van der Waals surface area contributed by atoms with Gasteiger partial charge in [0.15, 0.2) is 0 Å². The number of aromatic nitrogens is 2. The normalized spacial score (nSPS) is 22.0. The van der Waals surface area contributed by atoms with E-state index < -0.39 is 10.0 Å². The second-order valence-corrected chi connectivity index (χ2v) is 10.6. The number of piperidine rings is 1. The summed E-state index contributed by atoms with van der Waals surface area (Å²) in [7, 11) is -3.16. The summed E-state index contributed by atoms with van der Waals surface area (Å²) in [5.74, 6) is 1.86. The molecule has 3 aliphatic heterocycles. The van der Waals surface area contributed by atoms with Crippen LogP contribution in [0, 0.1) is 12.8 Å². The predicted molar refractivity (Wildman–Crippen MR) is 116 cm³/mol. The summed E-state index contributed by atoms with van der Waals surface area (Å²) in [6.07, 6.45) is 4.83. The van der Waals surface area contributed by atoms with Gasteiger partial charge < -0.3 is 14.7 Å². The molecule has 3 saturated heterocycles. The van der Waals surface area contributed by atoms with Gasteiger partial charge in [0.25, 0.3) is 0 Å². The first-order chi connectivity index (χ1) is 14.3. The number of piperazine rings is 1. The second-order valence-electron chi connectivity index (χ2n) is 8.61. The molecule has 166 valence electrons. The van der Waals surface area contributed by atoms with Crippen LogP contribution in [-0.4, -0.2) is 92.1 Å². The summed E-state index contributed by atoms with van der Waals surface area (Å²) >= 11 is 0. The van der Waals surface area contributed by atoms with E-state index >= 15 is 0 Å². The van der Waals surface area contributed by atoms with Crippen molar-refractivity contribution in [3.8, 4) is 0 Å². The SMILES string of the molecule is Cc1cc(N2CCN(C(=O)C3CCN(S(C)(=O)=O)CC3)CC2)nc(N2CCCC2)n1. The third-order valence-corrected chi connectivity index (χ3v) is 7.71. The lowest BCUT2D eigenvalue weighted by Gasteiger charge is -2.38. The maximum Gasteiger partial charge on any atom is 0.227 e. The standard InChI is InChI=1S/C20H32N6O3S/c1-16-15-18(22-20(21-16)25-7-3-4-8-25)23-11-13-24(14-12-23)19(27)17-5-9-26(10-6-17)30(2,28)29/h15,17H,3-14H2,1-2H3. The van der Waals surface area contributed by atoms with Gasteiger partial charge in [-0.1, -0.05) is 0 Å². The highest BCUT2D eigenvalue weighted by molar-refractivity contribution is 7.88. The average Bonchev–Trinajstić information content (AvgIpc) is 3.27. The minimum atomic E-state index is -3.16. The number of anilines is 2. The summed E-state index contributed by atoms with van der Waals surface area (Å²) in [5, 5.41) is 0. The molecule has 0 radical (unpaired) electrons. The lowest BCUT2D eigenvalue weighted by molar-refractivity contribution is -0.137. The van der Waals surface area contributed by atoms with Crippen LogP contribution >= 0.6 is 0 Å². The van der Waals surface area contributed by atoms with Crippen molar-refractivity contribution in [2.75, 3.05) is 68.4 Å². The highest BCUT2D eigenvalue weighted by atomic mass is 32.2. The van der Waals surface area contributed by atoms with E-state index in [4.69, 9.17) is 4.98 Å². The van der Waals surface area contributed by atoms with Crippen molar-refractivity contribution in [2.45, 2.75) is 32.6 Å². The van der Waals surface area contributed by atoms with Crippen molar-refractivity contribution in [1.29, 1.82) is 0 Å². The predicted octanol–water partition coefficient (Wildman–Crippen LogP) is 0.705. The van der Waals surface area contributed by atoms with Crippen molar-refractivity contribution in [2.24, 2.45) is 5.92 Å². The van der Waals surface area contributed by atoms with Crippen molar-refractivity contribution in [3.05, 3.63) is 11.8 Å². The molecule has 10 heteroatoms. The molecule has 0 N–H and O–H groups in total. The zero-order valence-electron chi connectivity index (χ0n) is 18.0. The number of carbonyl (C=O) groups excluding carboxylic acids is 1. The largest absolute Gasteiger partial charge is 0.353 e. The minimum absolute atomic E-state index is 0.0717. The molecule has 0 saturated carbocycles. The van der Waals surface area contributed by atoms with Gasteiger partial charge in [-0.05, 0) is 32.6 Å². The summed E-state index contributed by atoms with van der Waals surface area (Å²) < 4.78 is 24.8. The van der Waals surface area contributed by atoms with Gasteiger partial charge in [0, 0.05) is 70.0 Å². The van der Waals surface area contributed by atoms with Crippen molar-refractivity contribution in [1.82, 2.24) is 19.2 Å². The second kappa shape index (κ2) is 8.66. The van der Waals surface area contributed by atoms with Crippen LogP contribution in [0.5, 0.6) is 0 Å². The zero-order valence-corrected chi connectivity index (χ0v) is 18.8. The monoisotopic (exact) mass is 436 g/mol. The topological polar surface area (TPSA) is 89.9 Å². The average molecular weight is 437 g/mol. The molecule has 3 fully saturated rings. The van der Waals surface area contributed by atoms with E-state index in [0.717, 1.165) is 43.6 Å². The molecule has 0 aromatic carbocycles. The highest BCUT2D eigenvalue weighted by Crippen LogP contribution is 2.24. The molecule has 0 atom stereocenters. The number of sulfonamides is 1. The molecule has 9 nitrogen and oxygen atoms in total. The van der Waals surface area contributed by atoms with E-state index in [9.17, 15) is 13.2 Å². The summed E-state index contributed by atoms with van der Waals surface area (Å²) in [4.78, 5) is 28.8. The molecule has 0 bridgehead atoms. The Morgan fingerprint density at radius 1 is 0.933 bits per heavy atom. The number of amides is 1. The van der Waals surface area contributed by atoms with E-state index in [1.807, 2.05) is 17.9 Å². The third kappa shape index (κ3) is 4.69. The molecular weight excluding hydrogens is 404 g/mol. The molecule has 0 aliphatic carbocycles.